The van der Waals surface area contributed by atoms with E-state index in [1.54, 1.807) is 11.0 Å². The average molecular weight is 252 g/mol. The van der Waals surface area contributed by atoms with E-state index < -0.39 is 10.8 Å². The first-order chi connectivity index (χ1) is 8.20. The lowest BCUT2D eigenvalue weighted by Gasteiger charge is -2.26. The van der Waals surface area contributed by atoms with Crippen LogP contribution in [0.25, 0.3) is 0 Å². The molecular weight excluding hydrogens is 236 g/mol. The molecule has 0 aromatic heterocycles. The van der Waals surface area contributed by atoms with Crippen molar-refractivity contribution in [2.24, 2.45) is 5.73 Å². The number of rotatable bonds is 2. The maximum Gasteiger partial charge on any atom is 0.253 e. The van der Waals surface area contributed by atoms with E-state index in [0.29, 0.717) is 36.7 Å². The molecule has 2 rings (SSSR count). The van der Waals surface area contributed by atoms with Crippen LogP contribution in [0.2, 0.25) is 0 Å². The zero-order valence-corrected chi connectivity index (χ0v) is 10.4. The molecule has 1 aliphatic rings. The monoisotopic (exact) mass is 252 g/mol. The van der Waals surface area contributed by atoms with Gasteiger partial charge in [-0.05, 0) is 17.7 Å². The number of amides is 1. The van der Waals surface area contributed by atoms with Gasteiger partial charge in [0.05, 0.1) is 0 Å². The second-order valence-electron chi connectivity index (χ2n) is 4.04. The van der Waals surface area contributed by atoms with Crippen molar-refractivity contribution < 1.29 is 9.00 Å². The zero-order chi connectivity index (χ0) is 12.3. The fourth-order valence-corrected chi connectivity index (χ4v) is 2.91. The van der Waals surface area contributed by atoms with Gasteiger partial charge in [0.25, 0.3) is 5.91 Å². The Bertz CT molecular complexity index is 438. The number of benzene rings is 1. The molecule has 1 aromatic carbocycles. The summed E-state index contributed by atoms with van der Waals surface area (Å²) in [6, 6.07) is 7.38. The summed E-state index contributed by atoms with van der Waals surface area (Å²) in [6.45, 7) is 1.60. The lowest BCUT2D eigenvalue weighted by molar-refractivity contribution is 0.0771. The van der Waals surface area contributed by atoms with Gasteiger partial charge in [-0.1, -0.05) is 12.1 Å². The molecule has 0 saturated carbocycles. The molecule has 0 spiro atoms. The molecule has 0 unspecified atom stereocenters. The smallest absolute Gasteiger partial charge is 0.253 e. The van der Waals surface area contributed by atoms with E-state index in [-0.39, 0.29) is 5.91 Å². The molecule has 0 bridgehead atoms. The molecular formula is C12H16N2O2S. The first-order valence-electron chi connectivity index (χ1n) is 5.64. The second kappa shape index (κ2) is 5.42. The zero-order valence-electron chi connectivity index (χ0n) is 9.59. The topological polar surface area (TPSA) is 63.4 Å². The van der Waals surface area contributed by atoms with E-state index in [1.807, 2.05) is 18.2 Å². The van der Waals surface area contributed by atoms with Crippen LogP contribution in [0, 0.1) is 0 Å². The maximum absolute atomic E-state index is 12.2. The van der Waals surface area contributed by atoms with Gasteiger partial charge in [0.2, 0.25) is 0 Å². The van der Waals surface area contributed by atoms with Crippen molar-refractivity contribution in [1.29, 1.82) is 0 Å². The molecule has 1 amide bonds. The molecule has 0 radical (unpaired) electrons. The summed E-state index contributed by atoms with van der Waals surface area (Å²) in [5.74, 6) is 1.18. The predicted octanol–water partition coefficient (Wildman–Crippen LogP) is 0.350. The number of hydrogen-bond acceptors (Lipinski definition) is 3. The molecule has 1 fully saturated rings. The van der Waals surface area contributed by atoms with Gasteiger partial charge < -0.3 is 10.6 Å². The van der Waals surface area contributed by atoms with Crippen LogP contribution in [0.3, 0.4) is 0 Å². The third-order valence-corrected chi connectivity index (χ3v) is 4.15. The van der Waals surface area contributed by atoms with Crippen LogP contribution in [-0.2, 0) is 17.3 Å². The Balaban J connectivity index is 2.10. The Labute approximate surface area is 103 Å². The minimum atomic E-state index is -0.754. The highest BCUT2D eigenvalue weighted by Gasteiger charge is 2.21. The Hall–Kier alpha value is -1.20. The van der Waals surface area contributed by atoms with Gasteiger partial charge >= 0.3 is 0 Å². The fraction of sp³-hybridized carbons (Fsp3) is 0.417. The summed E-state index contributed by atoms with van der Waals surface area (Å²) < 4.78 is 11.2. The highest BCUT2D eigenvalue weighted by atomic mass is 32.2. The van der Waals surface area contributed by atoms with Crippen LogP contribution in [0.4, 0.5) is 0 Å². The Morgan fingerprint density at radius 3 is 2.71 bits per heavy atom. The Kier molecular flexibility index (Phi) is 3.91. The van der Waals surface area contributed by atoms with Gasteiger partial charge in [-0.2, -0.15) is 0 Å². The van der Waals surface area contributed by atoms with Crippen LogP contribution in [0.1, 0.15) is 15.9 Å². The van der Waals surface area contributed by atoms with Gasteiger partial charge in [-0.25, -0.2) is 0 Å². The molecule has 5 heteroatoms. The molecule has 2 N–H and O–H groups in total. The van der Waals surface area contributed by atoms with E-state index in [9.17, 15) is 9.00 Å². The Morgan fingerprint density at radius 2 is 2.06 bits per heavy atom. The lowest BCUT2D eigenvalue weighted by atomic mass is 10.1. The van der Waals surface area contributed by atoms with Crippen molar-refractivity contribution in [3.05, 3.63) is 35.4 Å². The lowest BCUT2D eigenvalue weighted by Crippen LogP contribution is -2.41. The summed E-state index contributed by atoms with van der Waals surface area (Å²) >= 11 is 0. The molecule has 1 aliphatic heterocycles. The minimum absolute atomic E-state index is 0.0111. The van der Waals surface area contributed by atoms with E-state index in [2.05, 4.69) is 0 Å². The predicted molar refractivity (Wildman–Crippen MR) is 68.1 cm³/mol. The first-order valence-corrected chi connectivity index (χ1v) is 7.13. The standard InChI is InChI=1S/C12H16N2O2S/c13-9-10-2-1-3-11(8-10)12(15)14-4-6-17(16)7-5-14/h1-3,8H,4-7,9,13H2. The number of carbonyl (C=O) groups excluding carboxylic acids is 1. The van der Waals surface area contributed by atoms with Crippen molar-refractivity contribution in [3.63, 3.8) is 0 Å². The quantitative estimate of drug-likeness (QED) is 0.826. The summed E-state index contributed by atoms with van der Waals surface area (Å²) in [5, 5.41) is 0. The van der Waals surface area contributed by atoms with Gasteiger partial charge in [-0.3, -0.25) is 9.00 Å². The van der Waals surface area contributed by atoms with Crippen LogP contribution < -0.4 is 5.73 Å². The van der Waals surface area contributed by atoms with Crippen LogP contribution in [0.5, 0.6) is 0 Å². The summed E-state index contributed by atoms with van der Waals surface area (Å²) in [4.78, 5) is 13.9. The van der Waals surface area contributed by atoms with Gasteiger partial charge in [0.1, 0.15) is 0 Å². The Morgan fingerprint density at radius 1 is 1.35 bits per heavy atom. The summed E-state index contributed by atoms with van der Waals surface area (Å²) in [6.07, 6.45) is 0. The van der Waals surface area contributed by atoms with Crippen molar-refractivity contribution in [1.82, 2.24) is 4.90 Å². The van der Waals surface area contributed by atoms with Crippen molar-refractivity contribution in [2.45, 2.75) is 6.54 Å². The second-order valence-corrected chi connectivity index (χ2v) is 5.74. The molecule has 0 aliphatic carbocycles. The number of nitrogens with zero attached hydrogens (tertiary/aromatic N) is 1. The van der Waals surface area contributed by atoms with Crippen LogP contribution in [0.15, 0.2) is 24.3 Å². The minimum Gasteiger partial charge on any atom is -0.337 e. The number of nitrogens with two attached hydrogens (primary N) is 1. The largest absolute Gasteiger partial charge is 0.337 e. The molecule has 1 aromatic rings. The molecule has 1 heterocycles. The normalized spacial score (nSPS) is 17.1. The van der Waals surface area contributed by atoms with Gasteiger partial charge in [0, 0.05) is 47.5 Å². The van der Waals surface area contributed by atoms with Gasteiger partial charge in [-0.15, -0.1) is 0 Å². The molecule has 1 saturated heterocycles. The number of hydrogen-bond donors (Lipinski definition) is 1. The molecule has 0 atom stereocenters. The van der Waals surface area contributed by atoms with E-state index >= 15 is 0 Å². The van der Waals surface area contributed by atoms with E-state index in [4.69, 9.17) is 5.73 Å². The molecule has 92 valence electrons. The summed E-state index contributed by atoms with van der Waals surface area (Å²) in [7, 11) is -0.754. The highest BCUT2D eigenvalue weighted by Crippen LogP contribution is 2.10. The summed E-state index contributed by atoms with van der Waals surface area (Å²) in [5.41, 5.74) is 7.17. The van der Waals surface area contributed by atoms with Crippen molar-refractivity contribution >= 4 is 16.7 Å². The molecule has 17 heavy (non-hydrogen) atoms. The average Bonchev–Trinajstić information content (AvgIpc) is 2.39. The van der Waals surface area contributed by atoms with Crippen LogP contribution >= 0.6 is 0 Å². The SMILES string of the molecule is NCc1cccc(C(=O)N2CCS(=O)CC2)c1. The number of carbonyl (C=O) groups is 1. The van der Waals surface area contributed by atoms with E-state index in [1.165, 1.54) is 0 Å². The third kappa shape index (κ3) is 2.92. The fourth-order valence-electron chi connectivity index (χ4n) is 1.85. The van der Waals surface area contributed by atoms with E-state index in [0.717, 1.165) is 5.56 Å². The van der Waals surface area contributed by atoms with Crippen LogP contribution in [-0.4, -0.2) is 39.6 Å². The van der Waals surface area contributed by atoms with Crippen molar-refractivity contribution in [2.75, 3.05) is 24.6 Å². The van der Waals surface area contributed by atoms with Gasteiger partial charge in [0.15, 0.2) is 0 Å². The third-order valence-electron chi connectivity index (χ3n) is 2.87. The van der Waals surface area contributed by atoms with Crippen molar-refractivity contribution in [3.8, 4) is 0 Å². The highest BCUT2D eigenvalue weighted by molar-refractivity contribution is 7.85. The molecule has 4 nitrogen and oxygen atoms in total. The first kappa shape index (κ1) is 12.3. The maximum atomic E-state index is 12.2.